The average molecular weight is 342 g/mol. The van der Waals surface area contributed by atoms with Crippen molar-refractivity contribution in [3.63, 3.8) is 0 Å². The fourth-order valence-corrected chi connectivity index (χ4v) is 4.39. The van der Waals surface area contributed by atoms with Crippen LogP contribution in [0.2, 0.25) is 0 Å². The summed E-state index contributed by atoms with van der Waals surface area (Å²) in [5.74, 6) is 1.19. The number of hydrogen-bond donors (Lipinski definition) is 0. The lowest BCUT2D eigenvalue weighted by Gasteiger charge is -2.26. The number of aromatic nitrogens is 2. The maximum absolute atomic E-state index is 4.84. The van der Waals surface area contributed by atoms with Crippen molar-refractivity contribution < 1.29 is 0 Å². The molecule has 2 aromatic rings. The Labute approximate surface area is 126 Å². The van der Waals surface area contributed by atoms with E-state index in [1.54, 1.807) is 11.3 Å². The second kappa shape index (κ2) is 5.09. The molecular formula is C14H20BrN3S. The standard InChI is InChI=1S/C14H20BrN3S/c1-3-14(4-2)5-6-17(10-14)12-11(9-15)18-7-8-19-13(18)16-12/h7-8H,3-6,9-10H2,1-2H3. The van der Waals surface area contributed by atoms with Gasteiger partial charge in [-0.3, -0.25) is 4.40 Å². The normalized spacial score (nSPS) is 18.6. The molecule has 0 atom stereocenters. The molecule has 1 fully saturated rings. The molecule has 0 N–H and O–H groups in total. The number of fused-ring (bicyclic) bond motifs is 1. The van der Waals surface area contributed by atoms with E-state index in [4.69, 9.17) is 4.98 Å². The quantitative estimate of drug-likeness (QED) is 0.772. The van der Waals surface area contributed by atoms with Gasteiger partial charge >= 0.3 is 0 Å². The van der Waals surface area contributed by atoms with Crippen molar-refractivity contribution in [1.29, 1.82) is 0 Å². The predicted octanol–water partition coefficient (Wildman–Crippen LogP) is 4.31. The molecule has 19 heavy (non-hydrogen) atoms. The van der Waals surface area contributed by atoms with Crippen LogP contribution in [0.3, 0.4) is 0 Å². The fourth-order valence-electron chi connectivity index (χ4n) is 3.14. The fraction of sp³-hybridized carbons (Fsp3) is 0.643. The number of rotatable bonds is 4. The predicted molar refractivity (Wildman–Crippen MR) is 85.5 cm³/mol. The number of anilines is 1. The highest BCUT2D eigenvalue weighted by Gasteiger charge is 2.36. The SMILES string of the molecule is CCC1(CC)CCN(c2nc3sccn3c2CBr)C1. The molecule has 104 valence electrons. The molecule has 0 radical (unpaired) electrons. The summed E-state index contributed by atoms with van der Waals surface area (Å²) >= 11 is 5.33. The Bertz CT molecular complexity index is 570. The van der Waals surface area contributed by atoms with E-state index in [1.807, 2.05) is 0 Å². The third kappa shape index (κ3) is 2.11. The monoisotopic (exact) mass is 341 g/mol. The topological polar surface area (TPSA) is 20.5 Å². The molecule has 3 nitrogen and oxygen atoms in total. The minimum Gasteiger partial charge on any atom is -0.354 e. The summed E-state index contributed by atoms with van der Waals surface area (Å²) in [6, 6.07) is 0. The number of thiazole rings is 1. The van der Waals surface area contributed by atoms with Crippen molar-refractivity contribution in [2.45, 2.75) is 38.4 Å². The van der Waals surface area contributed by atoms with Gasteiger partial charge in [-0.2, -0.15) is 0 Å². The van der Waals surface area contributed by atoms with E-state index in [0.29, 0.717) is 5.41 Å². The third-order valence-electron chi connectivity index (χ3n) is 4.70. The lowest BCUT2D eigenvalue weighted by atomic mass is 9.82. The van der Waals surface area contributed by atoms with Crippen molar-refractivity contribution in [2.75, 3.05) is 18.0 Å². The minimum atomic E-state index is 0.501. The Kier molecular flexibility index (Phi) is 3.60. The molecule has 1 aliphatic rings. The van der Waals surface area contributed by atoms with Gasteiger partial charge < -0.3 is 4.90 Å². The van der Waals surface area contributed by atoms with Crippen molar-refractivity contribution in [2.24, 2.45) is 5.41 Å². The van der Waals surface area contributed by atoms with Crippen LogP contribution < -0.4 is 4.90 Å². The smallest absolute Gasteiger partial charge is 0.195 e. The van der Waals surface area contributed by atoms with Gasteiger partial charge in [-0.15, -0.1) is 11.3 Å². The third-order valence-corrected chi connectivity index (χ3v) is 5.99. The van der Waals surface area contributed by atoms with E-state index < -0.39 is 0 Å². The van der Waals surface area contributed by atoms with Crippen LogP contribution in [0.4, 0.5) is 5.82 Å². The number of halogens is 1. The van der Waals surface area contributed by atoms with E-state index in [9.17, 15) is 0 Å². The van der Waals surface area contributed by atoms with Gasteiger partial charge in [0.25, 0.3) is 0 Å². The Morgan fingerprint density at radius 2 is 2.21 bits per heavy atom. The highest BCUT2D eigenvalue weighted by Crippen LogP contribution is 2.40. The molecule has 0 bridgehead atoms. The average Bonchev–Trinajstić information content (AvgIpc) is 3.12. The molecule has 0 spiro atoms. The van der Waals surface area contributed by atoms with Gasteiger partial charge in [0.1, 0.15) is 0 Å². The summed E-state index contributed by atoms with van der Waals surface area (Å²) in [6.45, 7) is 6.95. The molecule has 0 aromatic carbocycles. The first kappa shape index (κ1) is 13.4. The number of nitrogens with zero attached hydrogens (tertiary/aromatic N) is 3. The highest BCUT2D eigenvalue weighted by molar-refractivity contribution is 9.08. The lowest BCUT2D eigenvalue weighted by Crippen LogP contribution is -2.27. The molecule has 3 heterocycles. The zero-order valence-corrected chi connectivity index (χ0v) is 13.9. The second-order valence-electron chi connectivity index (χ2n) is 5.45. The van der Waals surface area contributed by atoms with Crippen LogP contribution in [0.5, 0.6) is 0 Å². The van der Waals surface area contributed by atoms with Crippen molar-refractivity contribution >= 4 is 38.0 Å². The maximum atomic E-state index is 4.84. The first-order chi connectivity index (χ1) is 9.23. The molecule has 5 heteroatoms. The van der Waals surface area contributed by atoms with Crippen molar-refractivity contribution in [3.05, 3.63) is 17.3 Å². The maximum Gasteiger partial charge on any atom is 0.195 e. The van der Waals surface area contributed by atoms with Gasteiger partial charge in [-0.05, 0) is 24.7 Å². The first-order valence-corrected chi connectivity index (χ1v) is 8.98. The van der Waals surface area contributed by atoms with Crippen LogP contribution in [0, 0.1) is 5.41 Å². The Morgan fingerprint density at radius 1 is 1.42 bits per heavy atom. The van der Waals surface area contributed by atoms with E-state index in [0.717, 1.165) is 23.4 Å². The molecule has 0 saturated carbocycles. The Balaban J connectivity index is 1.95. The summed E-state index contributed by atoms with van der Waals surface area (Å²) < 4.78 is 2.21. The lowest BCUT2D eigenvalue weighted by molar-refractivity contribution is 0.301. The molecule has 0 aliphatic carbocycles. The summed E-state index contributed by atoms with van der Waals surface area (Å²) in [5, 5.41) is 2.96. The molecular weight excluding hydrogens is 322 g/mol. The second-order valence-corrected chi connectivity index (χ2v) is 6.88. The number of alkyl halides is 1. The van der Waals surface area contributed by atoms with Gasteiger partial charge in [0.05, 0.1) is 5.69 Å². The van der Waals surface area contributed by atoms with E-state index in [2.05, 4.69) is 50.7 Å². The van der Waals surface area contributed by atoms with Crippen LogP contribution in [0.15, 0.2) is 11.6 Å². The van der Waals surface area contributed by atoms with E-state index in [1.165, 1.54) is 30.8 Å². The first-order valence-electron chi connectivity index (χ1n) is 6.98. The molecule has 1 aliphatic heterocycles. The van der Waals surface area contributed by atoms with Gasteiger partial charge in [0.15, 0.2) is 10.8 Å². The zero-order valence-electron chi connectivity index (χ0n) is 11.5. The summed E-state index contributed by atoms with van der Waals surface area (Å²) in [7, 11) is 0. The molecule has 3 rings (SSSR count). The van der Waals surface area contributed by atoms with Crippen LogP contribution in [0.25, 0.3) is 4.96 Å². The van der Waals surface area contributed by atoms with Gasteiger partial charge in [-0.1, -0.05) is 29.8 Å². The number of imidazole rings is 1. The van der Waals surface area contributed by atoms with Crippen LogP contribution in [-0.2, 0) is 5.33 Å². The summed E-state index contributed by atoms with van der Waals surface area (Å²) in [4.78, 5) is 8.43. The molecule has 2 aromatic heterocycles. The Morgan fingerprint density at radius 3 is 2.84 bits per heavy atom. The van der Waals surface area contributed by atoms with E-state index in [-0.39, 0.29) is 0 Å². The minimum absolute atomic E-state index is 0.501. The van der Waals surface area contributed by atoms with Gasteiger partial charge in [0, 0.05) is 30.0 Å². The Hall–Kier alpha value is -0.550. The summed E-state index contributed by atoms with van der Waals surface area (Å²) in [6.07, 6.45) is 5.96. The molecule has 0 unspecified atom stereocenters. The van der Waals surface area contributed by atoms with Crippen LogP contribution >= 0.6 is 27.3 Å². The van der Waals surface area contributed by atoms with Crippen molar-refractivity contribution in [3.8, 4) is 0 Å². The van der Waals surface area contributed by atoms with Gasteiger partial charge in [-0.25, -0.2) is 4.98 Å². The van der Waals surface area contributed by atoms with E-state index >= 15 is 0 Å². The summed E-state index contributed by atoms with van der Waals surface area (Å²) in [5.41, 5.74) is 1.79. The largest absolute Gasteiger partial charge is 0.354 e. The highest BCUT2D eigenvalue weighted by atomic mass is 79.9. The zero-order chi connectivity index (χ0) is 13.5. The van der Waals surface area contributed by atoms with Crippen LogP contribution in [-0.4, -0.2) is 22.5 Å². The molecule has 0 amide bonds. The molecule has 1 saturated heterocycles. The number of hydrogen-bond acceptors (Lipinski definition) is 3. The van der Waals surface area contributed by atoms with Crippen molar-refractivity contribution in [1.82, 2.24) is 9.38 Å². The van der Waals surface area contributed by atoms with Gasteiger partial charge in [0.2, 0.25) is 0 Å². The van der Waals surface area contributed by atoms with Crippen LogP contribution in [0.1, 0.15) is 38.8 Å².